The van der Waals surface area contributed by atoms with Crippen LogP contribution in [0.4, 0.5) is 14.9 Å². The highest BCUT2D eigenvalue weighted by molar-refractivity contribution is 5.89. The number of nitrogens with zero attached hydrogens (tertiary/aromatic N) is 1. The van der Waals surface area contributed by atoms with E-state index in [0.29, 0.717) is 18.8 Å². The van der Waals surface area contributed by atoms with Crippen molar-refractivity contribution in [3.05, 3.63) is 30.1 Å². The quantitative estimate of drug-likeness (QED) is 0.806. The van der Waals surface area contributed by atoms with Gasteiger partial charge in [-0.25, -0.2) is 9.18 Å². The maximum atomic E-state index is 12.6. The molecule has 2 N–H and O–H groups in total. The van der Waals surface area contributed by atoms with Gasteiger partial charge in [0, 0.05) is 31.9 Å². The zero-order chi connectivity index (χ0) is 11.4. The van der Waals surface area contributed by atoms with Crippen LogP contribution in [0.5, 0.6) is 0 Å². The lowest BCUT2D eigenvalue weighted by Gasteiger charge is -2.27. The standard InChI is InChI=1S/C11H14FN3O.ClH/c12-9-1-3-10(4-2-9)14-11(16)15-7-5-13-6-8-15;/h1-4,13H,5-8H2,(H,14,16);1H. The van der Waals surface area contributed by atoms with Gasteiger partial charge in [-0.1, -0.05) is 0 Å². The molecule has 6 heteroatoms. The molecule has 1 fully saturated rings. The largest absolute Gasteiger partial charge is 0.322 e. The zero-order valence-corrected chi connectivity index (χ0v) is 10.1. The van der Waals surface area contributed by atoms with Crippen molar-refractivity contribution in [1.29, 1.82) is 0 Å². The van der Waals surface area contributed by atoms with Crippen LogP contribution in [-0.4, -0.2) is 37.1 Å². The first-order valence-corrected chi connectivity index (χ1v) is 5.28. The minimum Gasteiger partial charge on any atom is -0.322 e. The van der Waals surface area contributed by atoms with Crippen molar-refractivity contribution in [3.63, 3.8) is 0 Å². The minimum atomic E-state index is -0.305. The monoisotopic (exact) mass is 259 g/mol. The third-order valence-electron chi connectivity index (χ3n) is 2.50. The second-order valence-corrected chi connectivity index (χ2v) is 3.67. The molecule has 94 valence electrons. The van der Waals surface area contributed by atoms with E-state index in [9.17, 15) is 9.18 Å². The summed E-state index contributed by atoms with van der Waals surface area (Å²) in [5.41, 5.74) is 0.616. The summed E-state index contributed by atoms with van der Waals surface area (Å²) >= 11 is 0. The lowest BCUT2D eigenvalue weighted by Crippen LogP contribution is -2.48. The molecule has 2 rings (SSSR count). The number of hydrogen-bond acceptors (Lipinski definition) is 2. The van der Waals surface area contributed by atoms with Crippen LogP contribution in [-0.2, 0) is 0 Å². The Morgan fingerprint density at radius 3 is 2.41 bits per heavy atom. The fourth-order valence-electron chi connectivity index (χ4n) is 1.60. The van der Waals surface area contributed by atoms with Crippen molar-refractivity contribution in [2.75, 3.05) is 31.5 Å². The first kappa shape index (κ1) is 13.7. The molecule has 0 aliphatic carbocycles. The maximum Gasteiger partial charge on any atom is 0.321 e. The first-order valence-electron chi connectivity index (χ1n) is 5.28. The molecular weight excluding hydrogens is 245 g/mol. The maximum absolute atomic E-state index is 12.6. The average molecular weight is 260 g/mol. The van der Waals surface area contributed by atoms with Crippen LogP contribution in [0.15, 0.2) is 24.3 Å². The Balaban J connectivity index is 0.00000144. The molecule has 0 unspecified atom stereocenters. The van der Waals surface area contributed by atoms with Gasteiger partial charge in [0.05, 0.1) is 0 Å². The van der Waals surface area contributed by atoms with E-state index in [1.807, 2.05) is 0 Å². The smallest absolute Gasteiger partial charge is 0.321 e. The van der Waals surface area contributed by atoms with Gasteiger partial charge < -0.3 is 15.5 Å². The second-order valence-electron chi connectivity index (χ2n) is 3.67. The Morgan fingerprint density at radius 1 is 1.24 bits per heavy atom. The van der Waals surface area contributed by atoms with Gasteiger partial charge in [-0.3, -0.25) is 0 Å². The van der Waals surface area contributed by atoms with Crippen LogP contribution in [0.1, 0.15) is 0 Å². The molecule has 17 heavy (non-hydrogen) atoms. The molecule has 2 amide bonds. The molecule has 0 saturated carbocycles. The molecule has 0 atom stereocenters. The number of urea groups is 1. The SMILES string of the molecule is Cl.O=C(Nc1ccc(F)cc1)N1CCNCC1. The summed E-state index contributed by atoms with van der Waals surface area (Å²) in [5, 5.41) is 5.90. The molecule has 1 saturated heterocycles. The number of anilines is 1. The van der Waals surface area contributed by atoms with Gasteiger partial charge in [0.25, 0.3) is 0 Å². The second kappa shape index (κ2) is 6.42. The minimum absolute atomic E-state index is 0. The molecule has 1 aromatic rings. The zero-order valence-electron chi connectivity index (χ0n) is 9.28. The molecule has 0 bridgehead atoms. The van der Waals surface area contributed by atoms with Crippen molar-refractivity contribution < 1.29 is 9.18 Å². The molecular formula is C11H15ClFN3O. The van der Waals surface area contributed by atoms with E-state index in [-0.39, 0.29) is 24.3 Å². The molecule has 0 spiro atoms. The predicted octanol–water partition coefficient (Wildman–Crippen LogP) is 1.68. The van der Waals surface area contributed by atoms with Gasteiger partial charge in [0.15, 0.2) is 0 Å². The summed E-state index contributed by atoms with van der Waals surface area (Å²) in [6, 6.07) is 5.62. The first-order chi connectivity index (χ1) is 7.75. The summed E-state index contributed by atoms with van der Waals surface area (Å²) in [7, 11) is 0. The lowest BCUT2D eigenvalue weighted by atomic mass is 10.3. The van der Waals surface area contributed by atoms with Crippen molar-refractivity contribution in [1.82, 2.24) is 10.2 Å². The van der Waals surface area contributed by atoms with E-state index in [2.05, 4.69) is 10.6 Å². The molecule has 1 aliphatic rings. The van der Waals surface area contributed by atoms with Crippen LogP contribution in [0, 0.1) is 5.82 Å². The van der Waals surface area contributed by atoms with Crippen molar-refractivity contribution in [2.24, 2.45) is 0 Å². The van der Waals surface area contributed by atoms with Crippen molar-refractivity contribution >= 4 is 24.1 Å². The van der Waals surface area contributed by atoms with Gasteiger partial charge in [0.2, 0.25) is 0 Å². The van der Waals surface area contributed by atoms with Crippen LogP contribution in [0.2, 0.25) is 0 Å². The summed E-state index contributed by atoms with van der Waals surface area (Å²) in [5.74, 6) is -0.305. The number of rotatable bonds is 1. The summed E-state index contributed by atoms with van der Waals surface area (Å²) in [6.07, 6.45) is 0. The van der Waals surface area contributed by atoms with E-state index in [0.717, 1.165) is 13.1 Å². The fourth-order valence-corrected chi connectivity index (χ4v) is 1.60. The number of piperazine rings is 1. The number of amides is 2. The summed E-state index contributed by atoms with van der Waals surface area (Å²) < 4.78 is 12.6. The van der Waals surface area contributed by atoms with Crippen LogP contribution in [0.25, 0.3) is 0 Å². The van der Waals surface area contributed by atoms with E-state index in [4.69, 9.17) is 0 Å². The van der Waals surface area contributed by atoms with E-state index < -0.39 is 0 Å². The Bertz CT molecular complexity index is 365. The highest BCUT2D eigenvalue weighted by Crippen LogP contribution is 2.09. The lowest BCUT2D eigenvalue weighted by molar-refractivity contribution is 0.204. The Hall–Kier alpha value is -1.33. The van der Waals surface area contributed by atoms with Crippen LogP contribution in [0.3, 0.4) is 0 Å². The predicted molar refractivity (Wildman–Crippen MR) is 67.1 cm³/mol. The molecule has 1 heterocycles. The number of benzene rings is 1. The Kier molecular flexibility index (Phi) is 5.18. The highest BCUT2D eigenvalue weighted by Gasteiger charge is 2.15. The van der Waals surface area contributed by atoms with Gasteiger partial charge >= 0.3 is 6.03 Å². The summed E-state index contributed by atoms with van der Waals surface area (Å²) in [4.78, 5) is 13.5. The average Bonchev–Trinajstić information content (AvgIpc) is 2.33. The number of carbonyl (C=O) groups excluding carboxylic acids is 1. The van der Waals surface area contributed by atoms with Crippen molar-refractivity contribution in [2.45, 2.75) is 0 Å². The molecule has 1 aromatic carbocycles. The number of nitrogens with one attached hydrogen (secondary N) is 2. The van der Waals surface area contributed by atoms with Gasteiger partial charge in [-0.2, -0.15) is 0 Å². The fraction of sp³-hybridized carbons (Fsp3) is 0.364. The third-order valence-corrected chi connectivity index (χ3v) is 2.50. The third kappa shape index (κ3) is 3.87. The normalized spacial score (nSPS) is 15.0. The number of carbonyl (C=O) groups is 1. The molecule has 4 nitrogen and oxygen atoms in total. The van der Waals surface area contributed by atoms with Gasteiger partial charge in [-0.15, -0.1) is 12.4 Å². The highest BCUT2D eigenvalue weighted by atomic mass is 35.5. The van der Waals surface area contributed by atoms with E-state index in [1.54, 1.807) is 17.0 Å². The summed E-state index contributed by atoms with van der Waals surface area (Å²) in [6.45, 7) is 3.04. The molecule has 0 aromatic heterocycles. The Morgan fingerprint density at radius 2 is 1.82 bits per heavy atom. The Labute approximate surface area is 106 Å². The van der Waals surface area contributed by atoms with Crippen LogP contribution >= 0.6 is 12.4 Å². The van der Waals surface area contributed by atoms with Crippen molar-refractivity contribution in [3.8, 4) is 0 Å². The topological polar surface area (TPSA) is 44.4 Å². The van der Waals surface area contributed by atoms with E-state index >= 15 is 0 Å². The van der Waals surface area contributed by atoms with Crippen LogP contribution < -0.4 is 10.6 Å². The number of halogens is 2. The molecule has 1 aliphatic heterocycles. The van der Waals surface area contributed by atoms with Gasteiger partial charge in [-0.05, 0) is 24.3 Å². The number of hydrogen-bond donors (Lipinski definition) is 2. The van der Waals surface area contributed by atoms with Gasteiger partial charge in [0.1, 0.15) is 5.82 Å². The molecule has 0 radical (unpaired) electrons. The van der Waals surface area contributed by atoms with E-state index in [1.165, 1.54) is 12.1 Å².